The second kappa shape index (κ2) is 8.32. The maximum absolute atomic E-state index is 12.5. The highest BCUT2D eigenvalue weighted by Gasteiger charge is 2.32. The molecule has 0 aliphatic carbocycles. The summed E-state index contributed by atoms with van der Waals surface area (Å²) >= 11 is 5.32. The van der Waals surface area contributed by atoms with Crippen LogP contribution in [0, 0.1) is 6.92 Å². The summed E-state index contributed by atoms with van der Waals surface area (Å²) in [6.07, 6.45) is 4.92. The van der Waals surface area contributed by atoms with E-state index in [1.807, 2.05) is 37.4 Å². The van der Waals surface area contributed by atoms with Crippen molar-refractivity contribution in [3.8, 4) is 5.75 Å². The summed E-state index contributed by atoms with van der Waals surface area (Å²) in [4.78, 5) is 15.8. The van der Waals surface area contributed by atoms with E-state index < -0.39 is 0 Å². The number of hydrogen-bond donors (Lipinski definition) is 0. The van der Waals surface area contributed by atoms with Gasteiger partial charge in [-0.2, -0.15) is 0 Å². The van der Waals surface area contributed by atoms with Crippen LogP contribution in [0.2, 0.25) is 0 Å². The lowest BCUT2D eigenvalue weighted by Crippen LogP contribution is -2.26. The number of rotatable bonds is 6. The van der Waals surface area contributed by atoms with Gasteiger partial charge >= 0.3 is 0 Å². The van der Waals surface area contributed by atoms with Gasteiger partial charge in [-0.15, -0.1) is 0 Å². The standard InChI is InChI=1S/C24H25N3O2S/c1-17-9-11-19(12-10-17)29-14-6-13-27-16-18(20-7-4-5-8-21(20)27)15-22-23(28)26(3)24(30)25(22)2/h4-5,7-12,15-16H,6,13-14H2,1-3H3/b22-15-. The molecule has 0 radical (unpaired) electrons. The Morgan fingerprint density at radius 3 is 2.47 bits per heavy atom. The minimum Gasteiger partial charge on any atom is -0.494 e. The number of nitrogens with zero attached hydrogens (tertiary/aromatic N) is 3. The fraction of sp³-hybridized carbons (Fsp3) is 0.250. The largest absolute Gasteiger partial charge is 0.494 e. The molecule has 1 aromatic heterocycles. The SMILES string of the molecule is Cc1ccc(OCCCn2cc(/C=C3/C(=O)N(C)C(=S)N3C)c3ccccc32)cc1. The number of aryl methyl sites for hydroxylation is 2. The lowest BCUT2D eigenvalue weighted by Gasteiger charge is -2.10. The van der Waals surface area contributed by atoms with Gasteiger partial charge in [0.25, 0.3) is 5.91 Å². The van der Waals surface area contributed by atoms with Gasteiger partial charge in [-0.1, -0.05) is 35.9 Å². The van der Waals surface area contributed by atoms with Crippen LogP contribution in [0.25, 0.3) is 17.0 Å². The zero-order valence-corrected chi connectivity index (χ0v) is 18.3. The van der Waals surface area contributed by atoms with E-state index in [1.54, 1.807) is 11.9 Å². The van der Waals surface area contributed by atoms with Gasteiger partial charge < -0.3 is 14.2 Å². The molecule has 0 saturated carbocycles. The summed E-state index contributed by atoms with van der Waals surface area (Å²) in [5, 5.41) is 1.63. The summed E-state index contributed by atoms with van der Waals surface area (Å²) in [6, 6.07) is 16.4. The Morgan fingerprint density at radius 2 is 1.77 bits per heavy atom. The number of amides is 1. The molecule has 3 aromatic rings. The van der Waals surface area contributed by atoms with Crippen LogP contribution in [0.1, 0.15) is 17.5 Å². The van der Waals surface area contributed by atoms with Gasteiger partial charge in [-0.05, 0) is 49.8 Å². The Labute approximate surface area is 182 Å². The predicted octanol–water partition coefficient (Wildman–Crippen LogP) is 4.45. The van der Waals surface area contributed by atoms with Crippen LogP contribution < -0.4 is 4.74 Å². The highest BCUT2D eigenvalue weighted by atomic mass is 32.1. The predicted molar refractivity (Wildman–Crippen MR) is 124 cm³/mol. The molecule has 0 bridgehead atoms. The molecule has 5 nitrogen and oxygen atoms in total. The van der Waals surface area contributed by atoms with Gasteiger partial charge in [0.15, 0.2) is 5.11 Å². The topological polar surface area (TPSA) is 37.7 Å². The van der Waals surface area contributed by atoms with E-state index in [4.69, 9.17) is 17.0 Å². The number of carbonyl (C=O) groups excluding carboxylic acids is 1. The summed E-state index contributed by atoms with van der Waals surface area (Å²) in [7, 11) is 3.54. The molecule has 1 aliphatic heterocycles. The molecule has 1 aliphatic rings. The normalized spacial score (nSPS) is 15.6. The monoisotopic (exact) mass is 419 g/mol. The number of para-hydroxylation sites is 1. The Hall–Kier alpha value is -3.12. The van der Waals surface area contributed by atoms with Crippen molar-refractivity contribution in [2.24, 2.45) is 0 Å². The van der Waals surface area contributed by atoms with Gasteiger partial charge in [0.2, 0.25) is 0 Å². The number of carbonyl (C=O) groups is 1. The molecule has 1 amide bonds. The van der Waals surface area contributed by atoms with Crippen molar-refractivity contribution >= 4 is 40.2 Å². The van der Waals surface area contributed by atoms with Crippen LogP contribution in [0.15, 0.2) is 60.4 Å². The maximum atomic E-state index is 12.5. The van der Waals surface area contributed by atoms with Crippen LogP contribution in [-0.2, 0) is 11.3 Å². The van der Waals surface area contributed by atoms with E-state index in [1.165, 1.54) is 10.5 Å². The van der Waals surface area contributed by atoms with Gasteiger partial charge in [-0.25, -0.2) is 0 Å². The Kier molecular flexibility index (Phi) is 5.59. The number of aromatic nitrogens is 1. The van der Waals surface area contributed by atoms with Crippen molar-refractivity contribution in [2.75, 3.05) is 20.7 Å². The molecule has 0 spiro atoms. The first kappa shape index (κ1) is 20.2. The Morgan fingerprint density at radius 1 is 1.03 bits per heavy atom. The maximum Gasteiger partial charge on any atom is 0.276 e. The first-order valence-corrected chi connectivity index (χ1v) is 10.4. The molecule has 2 heterocycles. The van der Waals surface area contributed by atoms with Gasteiger partial charge in [-0.3, -0.25) is 9.69 Å². The summed E-state index contributed by atoms with van der Waals surface area (Å²) in [5.74, 6) is 0.817. The molecular weight excluding hydrogens is 394 g/mol. The minimum absolute atomic E-state index is 0.0779. The number of likely N-dealkylation sites (N-methyl/N-ethyl adjacent to an activating group) is 2. The minimum atomic E-state index is -0.0779. The molecule has 0 atom stereocenters. The second-order valence-electron chi connectivity index (χ2n) is 7.55. The third kappa shape index (κ3) is 3.83. The quantitative estimate of drug-likeness (QED) is 0.336. The van der Waals surface area contributed by atoms with Crippen LogP contribution in [0.5, 0.6) is 5.75 Å². The Bertz CT molecular complexity index is 1130. The zero-order valence-electron chi connectivity index (χ0n) is 17.5. The molecule has 0 unspecified atom stereocenters. The van der Waals surface area contributed by atoms with Crippen LogP contribution in [0.3, 0.4) is 0 Å². The number of hydrogen-bond acceptors (Lipinski definition) is 3. The van der Waals surface area contributed by atoms with Crippen LogP contribution >= 0.6 is 12.2 Å². The van der Waals surface area contributed by atoms with Crippen molar-refractivity contribution in [2.45, 2.75) is 19.9 Å². The van der Waals surface area contributed by atoms with Crippen molar-refractivity contribution in [1.29, 1.82) is 0 Å². The van der Waals surface area contributed by atoms with E-state index in [0.29, 0.717) is 17.4 Å². The fourth-order valence-electron chi connectivity index (χ4n) is 3.67. The average Bonchev–Trinajstić information content (AvgIpc) is 3.19. The van der Waals surface area contributed by atoms with E-state index in [-0.39, 0.29) is 5.91 Å². The molecule has 2 aromatic carbocycles. The lowest BCUT2D eigenvalue weighted by molar-refractivity contribution is -0.121. The van der Waals surface area contributed by atoms with Crippen molar-refractivity contribution < 1.29 is 9.53 Å². The number of ether oxygens (including phenoxy) is 1. The van der Waals surface area contributed by atoms with Gasteiger partial charge in [0.1, 0.15) is 11.4 Å². The number of fused-ring (bicyclic) bond motifs is 1. The van der Waals surface area contributed by atoms with E-state index in [0.717, 1.165) is 35.2 Å². The van der Waals surface area contributed by atoms with Crippen LogP contribution in [-0.4, -0.2) is 46.1 Å². The molecular formula is C24H25N3O2S. The van der Waals surface area contributed by atoms with Gasteiger partial charge in [0, 0.05) is 43.3 Å². The third-order valence-corrected chi connectivity index (χ3v) is 5.95. The zero-order chi connectivity index (χ0) is 21.3. The molecule has 1 saturated heterocycles. The highest BCUT2D eigenvalue weighted by molar-refractivity contribution is 7.80. The van der Waals surface area contributed by atoms with Crippen molar-refractivity contribution in [3.05, 3.63) is 71.6 Å². The summed E-state index contributed by atoms with van der Waals surface area (Å²) in [5.41, 5.74) is 3.97. The van der Waals surface area contributed by atoms with Gasteiger partial charge in [0.05, 0.1) is 6.61 Å². The molecule has 0 N–H and O–H groups in total. The van der Waals surface area contributed by atoms with E-state index in [9.17, 15) is 4.79 Å². The second-order valence-corrected chi connectivity index (χ2v) is 7.91. The number of thiocarbonyl (C=S) groups is 1. The molecule has 30 heavy (non-hydrogen) atoms. The van der Waals surface area contributed by atoms with E-state index >= 15 is 0 Å². The highest BCUT2D eigenvalue weighted by Crippen LogP contribution is 2.27. The first-order chi connectivity index (χ1) is 14.5. The smallest absolute Gasteiger partial charge is 0.276 e. The van der Waals surface area contributed by atoms with Crippen LogP contribution in [0.4, 0.5) is 0 Å². The molecule has 4 rings (SSSR count). The molecule has 6 heteroatoms. The number of benzene rings is 2. The average molecular weight is 420 g/mol. The molecule has 154 valence electrons. The van der Waals surface area contributed by atoms with Crippen molar-refractivity contribution in [1.82, 2.24) is 14.4 Å². The Balaban J connectivity index is 1.52. The molecule has 1 fully saturated rings. The third-order valence-electron chi connectivity index (χ3n) is 5.40. The fourth-order valence-corrected chi connectivity index (χ4v) is 3.85. The lowest BCUT2D eigenvalue weighted by atomic mass is 10.1. The van der Waals surface area contributed by atoms with E-state index in [2.05, 4.69) is 42.0 Å². The van der Waals surface area contributed by atoms with Crippen molar-refractivity contribution in [3.63, 3.8) is 0 Å². The first-order valence-electron chi connectivity index (χ1n) is 10.0. The summed E-state index contributed by atoms with van der Waals surface area (Å²) in [6.45, 7) is 3.54. The summed E-state index contributed by atoms with van der Waals surface area (Å²) < 4.78 is 8.09.